The third kappa shape index (κ3) is 2.84. The first-order valence-corrected chi connectivity index (χ1v) is 5.82. The van der Waals surface area contributed by atoms with Crippen molar-refractivity contribution in [2.45, 2.75) is 47.1 Å². The molecule has 2 nitrogen and oxygen atoms in total. The highest BCUT2D eigenvalue weighted by Crippen LogP contribution is 2.25. The Labute approximate surface area is 94.9 Å². The molecule has 0 saturated heterocycles. The molecular weight excluding hydrogens is 240 g/mol. The van der Waals surface area contributed by atoms with Crippen LogP contribution in [0.4, 0.5) is 0 Å². The van der Waals surface area contributed by atoms with Gasteiger partial charge in [0.2, 0.25) is 0 Å². The van der Waals surface area contributed by atoms with Gasteiger partial charge in [0.15, 0.2) is 4.73 Å². The molecule has 0 aliphatic rings. The first-order valence-electron chi connectivity index (χ1n) is 5.03. The van der Waals surface area contributed by atoms with Crippen molar-refractivity contribution < 1.29 is 0 Å². The van der Waals surface area contributed by atoms with Crippen molar-refractivity contribution in [1.82, 2.24) is 9.55 Å². The van der Waals surface area contributed by atoms with Gasteiger partial charge in [-0.3, -0.25) is 0 Å². The van der Waals surface area contributed by atoms with Crippen LogP contribution in [-0.4, -0.2) is 9.55 Å². The van der Waals surface area contributed by atoms with Gasteiger partial charge in [-0.25, -0.2) is 4.98 Å². The molecule has 0 aliphatic carbocycles. The van der Waals surface area contributed by atoms with E-state index in [-0.39, 0.29) is 0 Å². The van der Waals surface area contributed by atoms with Gasteiger partial charge in [0.25, 0.3) is 0 Å². The van der Waals surface area contributed by atoms with Crippen molar-refractivity contribution in [3.8, 4) is 0 Å². The zero-order chi connectivity index (χ0) is 10.9. The van der Waals surface area contributed by atoms with Gasteiger partial charge in [0, 0.05) is 17.9 Å². The molecule has 0 saturated carbocycles. The number of imidazole rings is 1. The number of nitrogens with zero attached hydrogens (tertiary/aromatic N) is 2. The molecule has 0 unspecified atom stereocenters. The van der Waals surface area contributed by atoms with Gasteiger partial charge in [0.1, 0.15) is 0 Å². The fourth-order valence-corrected chi connectivity index (χ4v) is 2.33. The molecule has 1 aromatic heterocycles. The predicted molar refractivity (Wildman–Crippen MR) is 63.5 cm³/mol. The third-order valence-electron chi connectivity index (χ3n) is 2.06. The summed E-state index contributed by atoms with van der Waals surface area (Å²) >= 11 is 3.48. The SMILES string of the molecule is CC(C)n1c(CC(C)(C)C)cnc1Br. The lowest BCUT2D eigenvalue weighted by Gasteiger charge is -2.21. The van der Waals surface area contributed by atoms with Crippen molar-refractivity contribution in [2.75, 3.05) is 0 Å². The highest BCUT2D eigenvalue weighted by molar-refractivity contribution is 9.10. The molecule has 0 aliphatic heterocycles. The lowest BCUT2D eigenvalue weighted by molar-refractivity contribution is 0.391. The molecule has 1 heterocycles. The standard InChI is InChI=1S/C11H19BrN2/c1-8(2)14-9(6-11(3,4)5)7-13-10(14)12/h7-8H,6H2,1-5H3. The summed E-state index contributed by atoms with van der Waals surface area (Å²) in [6, 6.07) is 0.462. The molecule has 0 N–H and O–H groups in total. The van der Waals surface area contributed by atoms with Crippen LogP contribution in [0.1, 0.15) is 46.4 Å². The van der Waals surface area contributed by atoms with Gasteiger partial charge in [-0.1, -0.05) is 20.8 Å². The normalized spacial score (nSPS) is 12.5. The van der Waals surface area contributed by atoms with Gasteiger partial charge in [-0.15, -0.1) is 0 Å². The molecule has 0 amide bonds. The Morgan fingerprint density at radius 2 is 2.00 bits per heavy atom. The molecule has 3 heteroatoms. The van der Waals surface area contributed by atoms with Crippen LogP contribution in [0.5, 0.6) is 0 Å². The zero-order valence-corrected chi connectivity index (χ0v) is 11.2. The minimum atomic E-state index is 0.312. The van der Waals surface area contributed by atoms with E-state index in [0.29, 0.717) is 11.5 Å². The molecule has 1 aromatic rings. The minimum absolute atomic E-state index is 0.312. The van der Waals surface area contributed by atoms with E-state index in [9.17, 15) is 0 Å². The highest BCUT2D eigenvalue weighted by atomic mass is 79.9. The van der Waals surface area contributed by atoms with Crippen LogP contribution in [0.3, 0.4) is 0 Å². The van der Waals surface area contributed by atoms with E-state index in [1.807, 2.05) is 6.20 Å². The molecule has 0 bridgehead atoms. The summed E-state index contributed by atoms with van der Waals surface area (Å²) in [5.74, 6) is 0. The number of hydrogen-bond donors (Lipinski definition) is 0. The maximum absolute atomic E-state index is 4.30. The van der Waals surface area contributed by atoms with Crippen LogP contribution in [0.15, 0.2) is 10.9 Å². The summed E-state index contributed by atoms with van der Waals surface area (Å²) in [6.07, 6.45) is 3.03. The zero-order valence-electron chi connectivity index (χ0n) is 9.63. The largest absolute Gasteiger partial charge is 0.320 e. The molecule has 0 aromatic carbocycles. The summed E-state index contributed by atoms with van der Waals surface area (Å²) < 4.78 is 3.18. The van der Waals surface area contributed by atoms with E-state index >= 15 is 0 Å². The Kier molecular flexibility index (Phi) is 3.40. The Morgan fingerprint density at radius 3 is 2.43 bits per heavy atom. The first-order chi connectivity index (χ1) is 6.31. The summed E-state index contributed by atoms with van der Waals surface area (Å²) in [4.78, 5) is 4.30. The maximum atomic E-state index is 4.30. The van der Waals surface area contributed by atoms with Crippen molar-refractivity contribution in [3.05, 3.63) is 16.6 Å². The number of rotatable bonds is 2. The monoisotopic (exact) mass is 258 g/mol. The van der Waals surface area contributed by atoms with E-state index in [4.69, 9.17) is 0 Å². The fraction of sp³-hybridized carbons (Fsp3) is 0.727. The fourth-order valence-electron chi connectivity index (χ4n) is 1.59. The predicted octanol–water partition coefficient (Wildman–Crippen LogP) is 3.82. The second-order valence-electron chi connectivity index (χ2n) is 5.22. The molecule has 14 heavy (non-hydrogen) atoms. The highest BCUT2D eigenvalue weighted by Gasteiger charge is 2.17. The van der Waals surface area contributed by atoms with Crippen molar-refractivity contribution >= 4 is 15.9 Å². The van der Waals surface area contributed by atoms with Crippen LogP contribution < -0.4 is 0 Å². The molecule has 0 atom stereocenters. The minimum Gasteiger partial charge on any atom is -0.320 e. The first kappa shape index (κ1) is 11.8. The third-order valence-corrected chi connectivity index (χ3v) is 2.64. The quantitative estimate of drug-likeness (QED) is 0.789. The second-order valence-corrected chi connectivity index (χ2v) is 5.93. The lowest BCUT2D eigenvalue weighted by Crippen LogP contribution is -2.14. The Bertz CT molecular complexity index is 308. The van der Waals surface area contributed by atoms with E-state index in [0.717, 1.165) is 11.2 Å². The van der Waals surface area contributed by atoms with Crippen LogP contribution >= 0.6 is 15.9 Å². The summed E-state index contributed by atoms with van der Waals surface area (Å²) in [7, 11) is 0. The van der Waals surface area contributed by atoms with Crippen LogP contribution in [0.2, 0.25) is 0 Å². The number of aromatic nitrogens is 2. The summed E-state index contributed by atoms with van der Waals surface area (Å²) in [6.45, 7) is 11.1. The Balaban J connectivity index is 2.98. The number of halogens is 1. The van der Waals surface area contributed by atoms with Crippen LogP contribution in [0, 0.1) is 5.41 Å². The average Bonchev–Trinajstić information content (AvgIpc) is 2.27. The average molecular weight is 259 g/mol. The summed E-state index contributed by atoms with van der Waals surface area (Å²) in [5, 5.41) is 0. The van der Waals surface area contributed by atoms with Crippen LogP contribution in [-0.2, 0) is 6.42 Å². The van der Waals surface area contributed by atoms with Gasteiger partial charge >= 0.3 is 0 Å². The van der Waals surface area contributed by atoms with Crippen LogP contribution in [0.25, 0.3) is 0 Å². The molecule has 80 valence electrons. The maximum Gasteiger partial charge on any atom is 0.177 e. The molecule has 1 rings (SSSR count). The van der Waals surface area contributed by atoms with Crippen molar-refractivity contribution in [3.63, 3.8) is 0 Å². The van der Waals surface area contributed by atoms with E-state index in [2.05, 4.69) is 60.1 Å². The van der Waals surface area contributed by atoms with Gasteiger partial charge < -0.3 is 4.57 Å². The summed E-state index contributed by atoms with van der Waals surface area (Å²) in [5.41, 5.74) is 1.62. The van der Waals surface area contributed by atoms with E-state index in [1.54, 1.807) is 0 Å². The second kappa shape index (κ2) is 4.05. The van der Waals surface area contributed by atoms with E-state index in [1.165, 1.54) is 5.69 Å². The number of hydrogen-bond acceptors (Lipinski definition) is 1. The van der Waals surface area contributed by atoms with E-state index < -0.39 is 0 Å². The molecule has 0 radical (unpaired) electrons. The van der Waals surface area contributed by atoms with Crippen molar-refractivity contribution in [2.24, 2.45) is 5.41 Å². The van der Waals surface area contributed by atoms with Crippen molar-refractivity contribution in [1.29, 1.82) is 0 Å². The lowest BCUT2D eigenvalue weighted by atomic mass is 9.90. The molecule has 0 spiro atoms. The Hall–Kier alpha value is -0.310. The Morgan fingerprint density at radius 1 is 1.43 bits per heavy atom. The smallest absolute Gasteiger partial charge is 0.177 e. The topological polar surface area (TPSA) is 17.8 Å². The molecular formula is C11H19BrN2. The van der Waals surface area contributed by atoms with Gasteiger partial charge in [0.05, 0.1) is 0 Å². The molecule has 0 fully saturated rings. The van der Waals surface area contributed by atoms with Gasteiger partial charge in [-0.05, 0) is 41.6 Å². The van der Waals surface area contributed by atoms with Gasteiger partial charge in [-0.2, -0.15) is 0 Å².